The number of rotatable bonds is 11. The van der Waals surface area contributed by atoms with Crippen LogP contribution in [0.4, 0.5) is 10.2 Å². The van der Waals surface area contributed by atoms with Gasteiger partial charge < -0.3 is 15.5 Å². The number of carbonyl (C=O) groups excluding carboxylic acids is 2. The lowest BCUT2D eigenvalue weighted by molar-refractivity contribution is -0.132. The zero-order valence-corrected chi connectivity index (χ0v) is 28.7. The Morgan fingerprint density at radius 3 is 2.18 bits per heavy atom. The Kier molecular flexibility index (Phi) is 10.3. The predicted octanol–water partition coefficient (Wildman–Crippen LogP) is 9.47. The maximum atomic E-state index is 13.7. The van der Waals surface area contributed by atoms with Gasteiger partial charge in [0, 0.05) is 24.5 Å². The van der Waals surface area contributed by atoms with Gasteiger partial charge in [-0.15, -0.1) is 0 Å². The lowest BCUT2D eigenvalue weighted by Gasteiger charge is -2.25. The summed E-state index contributed by atoms with van der Waals surface area (Å²) in [6.07, 6.45) is 0. The van der Waals surface area contributed by atoms with Crippen LogP contribution in [0.25, 0.3) is 22.0 Å². The summed E-state index contributed by atoms with van der Waals surface area (Å²) < 4.78 is 13.4. The maximum absolute atomic E-state index is 13.7. The summed E-state index contributed by atoms with van der Waals surface area (Å²) in [6, 6.07) is 40.6. The second-order valence-electron chi connectivity index (χ2n) is 13.0. The van der Waals surface area contributed by atoms with Gasteiger partial charge in [-0.1, -0.05) is 105 Å². The molecule has 6 nitrogen and oxygen atoms in total. The van der Waals surface area contributed by atoms with Crippen LogP contribution in [0.5, 0.6) is 0 Å². The minimum absolute atomic E-state index is 0.0142. The molecule has 0 saturated carbocycles. The monoisotopic (exact) mass is 664 g/mol. The predicted molar refractivity (Wildman–Crippen MR) is 199 cm³/mol. The molecule has 2 amide bonds. The molecule has 0 spiro atoms. The van der Waals surface area contributed by atoms with Gasteiger partial charge in [-0.2, -0.15) is 0 Å². The second kappa shape index (κ2) is 15.2. The molecule has 7 heteroatoms. The Bertz CT molecular complexity index is 2100. The van der Waals surface area contributed by atoms with Gasteiger partial charge in [-0.25, -0.2) is 9.37 Å². The number of fused-ring (bicyclic) bond motifs is 1. The van der Waals surface area contributed by atoms with E-state index in [9.17, 15) is 14.0 Å². The number of nitrogens with zero attached hydrogens (tertiary/aromatic N) is 2. The summed E-state index contributed by atoms with van der Waals surface area (Å²) >= 11 is 0. The van der Waals surface area contributed by atoms with E-state index in [0.29, 0.717) is 17.0 Å². The molecule has 6 rings (SSSR count). The highest BCUT2D eigenvalue weighted by atomic mass is 19.1. The molecule has 252 valence electrons. The van der Waals surface area contributed by atoms with Gasteiger partial charge >= 0.3 is 0 Å². The molecule has 1 unspecified atom stereocenters. The molecule has 0 saturated heterocycles. The van der Waals surface area contributed by atoms with Crippen molar-refractivity contribution in [1.29, 1.82) is 0 Å². The molecule has 0 aliphatic carbocycles. The van der Waals surface area contributed by atoms with Crippen LogP contribution < -0.4 is 10.6 Å². The molecule has 1 aromatic heterocycles. The van der Waals surface area contributed by atoms with Crippen molar-refractivity contribution in [2.45, 2.75) is 45.3 Å². The summed E-state index contributed by atoms with van der Waals surface area (Å²) in [7, 11) is 1.67. The van der Waals surface area contributed by atoms with Gasteiger partial charge in [0.25, 0.3) is 5.91 Å². The van der Waals surface area contributed by atoms with Crippen LogP contribution in [0.1, 0.15) is 71.4 Å². The minimum Gasteiger partial charge on any atom is -0.364 e. The molecule has 0 radical (unpaired) electrons. The van der Waals surface area contributed by atoms with Crippen molar-refractivity contribution in [1.82, 2.24) is 15.2 Å². The number of hydrogen-bond acceptors (Lipinski definition) is 4. The molecule has 0 fully saturated rings. The molecule has 1 heterocycles. The van der Waals surface area contributed by atoms with Crippen LogP contribution in [0, 0.1) is 5.82 Å². The third-order valence-corrected chi connectivity index (χ3v) is 9.00. The maximum Gasteiger partial charge on any atom is 0.252 e. The third kappa shape index (κ3) is 7.90. The number of likely N-dealkylation sites (N-methyl/N-ethyl adjacent to an activating group) is 1. The Labute approximate surface area is 293 Å². The normalized spacial score (nSPS) is 12.4. The van der Waals surface area contributed by atoms with Gasteiger partial charge in [0.15, 0.2) is 0 Å². The molecule has 2 N–H and O–H groups in total. The Hall–Kier alpha value is -5.82. The number of nitrogens with one attached hydrogen (secondary N) is 2. The lowest BCUT2D eigenvalue weighted by Crippen LogP contribution is -2.41. The van der Waals surface area contributed by atoms with Gasteiger partial charge in [-0.3, -0.25) is 9.59 Å². The van der Waals surface area contributed by atoms with Crippen molar-refractivity contribution in [3.8, 4) is 11.1 Å². The number of hydrogen-bond donors (Lipinski definition) is 2. The first-order valence-corrected chi connectivity index (χ1v) is 16.9. The van der Waals surface area contributed by atoms with E-state index in [1.807, 2.05) is 48.5 Å². The molecule has 5 aromatic carbocycles. The summed E-state index contributed by atoms with van der Waals surface area (Å²) in [5.41, 5.74) is 7.44. The molecule has 0 aliphatic rings. The van der Waals surface area contributed by atoms with Crippen molar-refractivity contribution in [2.24, 2.45) is 0 Å². The smallest absolute Gasteiger partial charge is 0.252 e. The zero-order valence-electron chi connectivity index (χ0n) is 28.7. The molecule has 50 heavy (non-hydrogen) atoms. The molecule has 0 bridgehead atoms. The Morgan fingerprint density at radius 2 is 1.46 bits per heavy atom. The number of pyridine rings is 1. The van der Waals surface area contributed by atoms with Gasteiger partial charge in [-0.05, 0) is 88.7 Å². The third-order valence-electron chi connectivity index (χ3n) is 9.00. The Morgan fingerprint density at radius 1 is 0.760 bits per heavy atom. The minimum atomic E-state index is -0.910. The van der Waals surface area contributed by atoms with Crippen molar-refractivity contribution in [2.75, 3.05) is 12.4 Å². The van der Waals surface area contributed by atoms with Crippen LogP contribution in [0.15, 0.2) is 133 Å². The highest BCUT2D eigenvalue weighted by Crippen LogP contribution is 2.31. The molecule has 6 aromatic rings. The SMILES string of the molecule is CC(C)c1ccc(-c2ccccc2C(C)Nc2ccc3cc(C(=O)N[C@H](C(=O)N(C)Cc4ccc(F)cc4)c4ccccc4)ccc3n2)cc1. The quantitative estimate of drug-likeness (QED) is 0.145. The van der Waals surface area contributed by atoms with Crippen molar-refractivity contribution < 1.29 is 14.0 Å². The Balaban J connectivity index is 1.18. The number of amides is 2. The van der Waals surface area contributed by atoms with E-state index in [4.69, 9.17) is 4.98 Å². The van der Waals surface area contributed by atoms with Crippen molar-refractivity contribution in [3.63, 3.8) is 0 Å². The number of anilines is 1. The lowest BCUT2D eigenvalue weighted by atomic mass is 9.93. The van der Waals surface area contributed by atoms with Crippen LogP contribution in [0.3, 0.4) is 0 Å². The van der Waals surface area contributed by atoms with Gasteiger partial charge in [0.1, 0.15) is 17.7 Å². The van der Waals surface area contributed by atoms with E-state index >= 15 is 0 Å². The fourth-order valence-corrected chi connectivity index (χ4v) is 6.14. The number of benzene rings is 5. The van der Waals surface area contributed by atoms with Crippen molar-refractivity contribution >= 4 is 28.5 Å². The first-order chi connectivity index (χ1) is 24.2. The average molecular weight is 665 g/mol. The summed E-state index contributed by atoms with van der Waals surface area (Å²) in [5, 5.41) is 7.32. The summed E-state index contributed by atoms with van der Waals surface area (Å²) in [6.45, 7) is 6.80. The molecule has 0 aliphatic heterocycles. The van der Waals surface area contributed by atoms with Gasteiger partial charge in [0.2, 0.25) is 5.91 Å². The summed E-state index contributed by atoms with van der Waals surface area (Å²) in [5.74, 6) is 0.209. The molecule has 2 atom stereocenters. The molecular formula is C43H41FN4O2. The zero-order chi connectivity index (χ0) is 35.2. The first kappa shape index (κ1) is 34.1. The van der Waals surface area contributed by atoms with Crippen LogP contribution in [-0.4, -0.2) is 28.7 Å². The highest BCUT2D eigenvalue weighted by Gasteiger charge is 2.26. The van der Waals surface area contributed by atoms with E-state index < -0.39 is 6.04 Å². The van der Waals surface area contributed by atoms with Crippen molar-refractivity contribution in [3.05, 3.63) is 167 Å². The topological polar surface area (TPSA) is 74.3 Å². The highest BCUT2D eigenvalue weighted by molar-refractivity contribution is 6.00. The number of halogens is 1. The van der Waals surface area contributed by atoms with Gasteiger partial charge in [0.05, 0.1) is 11.6 Å². The summed E-state index contributed by atoms with van der Waals surface area (Å²) in [4.78, 5) is 33.7. The number of carbonyl (C=O) groups is 2. The van der Waals surface area contributed by atoms with Crippen LogP contribution >= 0.6 is 0 Å². The van der Waals surface area contributed by atoms with E-state index in [0.717, 1.165) is 22.3 Å². The first-order valence-electron chi connectivity index (χ1n) is 16.9. The van der Waals surface area contributed by atoms with E-state index in [1.54, 1.807) is 31.3 Å². The number of aromatic nitrogens is 1. The fraction of sp³-hybridized carbons (Fsp3) is 0.186. The average Bonchev–Trinajstić information content (AvgIpc) is 3.14. The second-order valence-corrected chi connectivity index (χ2v) is 13.0. The largest absolute Gasteiger partial charge is 0.364 e. The fourth-order valence-electron chi connectivity index (χ4n) is 6.14. The van der Waals surface area contributed by atoms with E-state index in [2.05, 4.69) is 79.9 Å². The van der Waals surface area contributed by atoms with E-state index in [-0.39, 0.29) is 30.2 Å². The molecular weight excluding hydrogens is 623 g/mol. The van der Waals surface area contributed by atoms with E-state index in [1.165, 1.54) is 39.3 Å². The van der Waals surface area contributed by atoms with Crippen LogP contribution in [-0.2, 0) is 11.3 Å². The standard InChI is InChI=1S/C43H41FN4O2/c1-28(2)31-16-18-32(19-17-31)38-13-9-8-12-37(38)29(3)45-40-25-21-34-26-35(20-24-39(34)46-40)42(49)47-41(33-10-6-5-7-11-33)43(50)48(4)27-30-14-22-36(44)23-15-30/h5-26,28-29,41H,27H2,1-4H3,(H,45,46)(H,47,49)/t29?,41-/m0/s1. The van der Waals surface area contributed by atoms with Crippen LogP contribution in [0.2, 0.25) is 0 Å².